The Morgan fingerprint density at radius 2 is 1.85 bits per heavy atom. The molecule has 2 N–H and O–H groups in total. The van der Waals surface area contributed by atoms with E-state index >= 15 is 0 Å². The average Bonchev–Trinajstić information content (AvgIpc) is 3.32. The molecule has 0 atom stereocenters. The number of thiazole rings is 1. The Balaban J connectivity index is 1.26. The molecule has 10 heteroatoms. The average molecular weight is 497 g/mol. The van der Waals surface area contributed by atoms with Crippen LogP contribution in [-0.2, 0) is 9.59 Å². The molecule has 1 saturated carbocycles. The van der Waals surface area contributed by atoms with Gasteiger partial charge in [0.1, 0.15) is 0 Å². The number of amides is 2. The molecule has 0 spiro atoms. The van der Waals surface area contributed by atoms with E-state index in [0.29, 0.717) is 16.4 Å². The van der Waals surface area contributed by atoms with Gasteiger partial charge in [-0.2, -0.15) is 0 Å². The minimum absolute atomic E-state index is 0.00735. The van der Waals surface area contributed by atoms with Crippen LogP contribution < -0.4 is 10.6 Å². The van der Waals surface area contributed by atoms with Crippen LogP contribution >= 0.6 is 23.1 Å². The fraction of sp³-hybridized carbons (Fsp3) is 0.292. The molecule has 3 aromatic rings. The minimum Gasteiger partial charge on any atom is -0.326 e. The van der Waals surface area contributed by atoms with E-state index in [9.17, 15) is 19.7 Å². The summed E-state index contributed by atoms with van der Waals surface area (Å²) in [5, 5.41) is 18.9. The first-order valence-corrected chi connectivity index (χ1v) is 12.9. The number of aromatic nitrogens is 1. The van der Waals surface area contributed by atoms with Crippen molar-refractivity contribution in [2.45, 2.75) is 37.0 Å². The Morgan fingerprint density at radius 1 is 1.09 bits per heavy atom. The number of rotatable bonds is 8. The highest BCUT2D eigenvalue weighted by Gasteiger charge is 2.21. The van der Waals surface area contributed by atoms with Crippen LogP contribution in [0.1, 0.15) is 32.1 Å². The van der Waals surface area contributed by atoms with Gasteiger partial charge in [0.15, 0.2) is 5.13 Å². The molecule has 1 aromatic heterocycles. The summed E-state index contributed by atoms with van der Waals surface area (Å²) < 4.78 is 0. The van der Waals surface area contributed by atoms with Crippen LogP contribution in [0.2, 0.25) is 0 Å². The van der Waals surface area contributed by atoms with Gasteiger partial charge in [0.25, 0.3) is 5.69 Å². The topological polar surface area (TPSA) is 114 Å². The van der Waals surface area contributed by atoms with Crippen molar-refractivity contribution < 1.29 is 14.5 Å². The maximum atomic E-state index is 12.4. The zero-order chi connectivity index (χ0) is 23.9. The van der Waals surface area contributed by atoms with Crippen molar-refractivity contribution in [3.8, 4) is 11.3 Å². The SMILES string of the molecule is O=C(CSc1ccc(NC(=O)C2CCCCC2)cc1)Nc1nc(-c2cccc([N+](=O)[O-])c2)cs1. The lowest BCUT2D eigenvalue weighted by atomic mass is 9.88. The molecular formula is C24H24N4O4S2. The van der Waals surface area contributed by atoms with Gasteiger partial charge in [0, 0.05) is 39.6 Å². The minimum atomic E-state index is -0.451. The van der Waals surface area contributed by atoms with Gasteiger partial charge in [-0.3, -0.25) is 19.7 Å². The molecule has 1 aliphatic carbocycles. The molecule has 176 valence electrons. The highest BCUT2D eigenvalue weighted by atomic mass is 32.2. The number of nitro benzene ring substituents is 1. The van der Waals surface area contributed by atoms with Crippen LogP contribution in [0.4, 0.5) is 16.5 Å². The summed E-state index contributed by atoms with van der Waals surface area (Å²) in [6, 6.07) is 13.7. The lowest BCUT2D eigenvalue weighted by molar-refractivity contribution is -0.384. The molecule has 2 amide bonds. The molecule has 1 aliphatic rings. The van der Waals surface area contributed by atoms with Crippen LogP contribution in [-0.4, -0.2) is 27.5 Å². The van der Waals surface area contributed by atoms with E-state index in [0.717, 1.165) is 36.3 Å². The normalized spacial score (nSPS) is 13.9. The summed E-state index contributed by atoms with van der Waals surface area (Å²) in [6.07, 6.45) is 5.37. The quantitative estimate of drug-likeness (QED) is 0.226. The molecule has 0 aliphatic heterocycles. The summed E-state index contributed by atoms with van der Waals surface area (Å²) in [6.45, 7) is 0. The van der Waals surface area contributed by atoms with Crippen molar-refractivity contribution in [3.05, 3.63) is 64.0 Å². The summed E-state index contributed by atoms with van der Waals surface area (Å²) in [7, 11) is 0. The van der Waals surface area contributed by atoms with E-state index in [4.69, 9.17) is 0 Å². The number of thioether (sulfide) groups is 1. The molecule has 1 heterocycles. The number of carbonyl (C=O) groups is 2. The molecule has 0 bridgehead atoms. The molecule has 2 aromatic carbocycles. The zero-order valence-corrected chi connectivity index (χ0v) is 20.0. The van der Waals surface area contributed by atoms with Crippen molar-refractivity contribution in [1.82, 2.24) is 4.98 Å². The van der Waals surface area contributed by atoms with Crippen LogP contribution in [0.3, 0.4) is 0 Å². The molecule has 0 saturated heterocycles. The van der Waals surface area contributed by atoms with Gasteiger partial charge in [-0.25, -0.2) is 4.98 Å². The van der Waals surface area contributed by atoms with Gasteiger partial charge in [-0.1, -0.05) is 31.4 Å². The number of non-ortho nitro benzene ring substituents is 1. The molecule has 1 fully saturated rings. The van der Waals surface area contributed by atoms with Gasteiger partial charge in [-0.05, 0) is 37.1 Å². The summed E-state index contributed by atoms with van der Waals surface area (Å²) in [4.78, 5) is 40.5. The molecular weight excluding hydrogens is 472 g/mol. The van der Waals surface area contributed by atoms with Gasteiger partial charge in [-0.15, -0.1) is 23.1 Å². The fourth-order valence-corrected chi connectivity index (χ4v) is 5.22. The number of nitro groups is 1. The Morgan fingerprint density at radius 3 is 2.59 bits per heavy atom. The number of hydrogen-bond donors (Lipinski definition) is 2. The monoisotopic (exact) mass is 496 g/mol. The first-order chi connectivity index (χ1) is 16.5. The fourth-order valence-electron chi connectivity index (χ4n) is 3.79. The highest BCUT2D eigenvalue weighted by molar-refractivity contribution is 8.00. The summed E-state index contributed by atoms with van der Waals surface area (Å²) >= 11 is 2.65. The first-order valence-electron chi connectivity index (χ1n) is 11.0. The van der Waals surface area contributed by atoms with Crippen LogP contribution in [0.15, 0.2) is 58.8 Å². The Kier molecular flexibility index (Phi) is 7.91. The second-order valence-corrected chi connectivity index (χ2v) is 9.94. The number of benzene rings is 2. The second kappa shape index (κ2) is 11.3. The van der Waals surface area contributed by atoms with Gasteiger partial charge in [0.05, 0.1) is 16.4 Å². The van der Waals surface area contributed by atoms with E-state index in [-0.39, 0.29) is 29.2 Å². The number of carbonyl (C=O) groups excluding carboxylic acids is 2. The van der Waals surface area contributed by atoms with Crippen molar-refractivity contribution >= 4 is 51.4 Å². The summed E-state index contributed by atoms with van der Waals surface area (Å²) in [5.41, 5.74) is 1.95. The number of nitrogens with zero attached hydrogens (tertiary/aromatic N) is 2. The van der Waals surface area contributed by atoms with Crippen molar-refractivity contribution in [1.29, 1.82) is 0 Å². The molecule has 8 nitrogen and oxygen atoms in total. The third-order valence-electron chi connectivity index (χ3n) is 5.57. The van der Waals surface area contributed by atoms with E-state index in [1.54, 1.807) is 17.5 Å². The Labute approximate surface area is 205 Å². The first kappa shape index (κ1) is 23.9. The third-order valence-corrected chi connectivity index (χ3v) is 7.34. The predicted octanol–water partition coefficient (Wildman–Crippen LogP) is 5.97. The van der Waals surface area contributed by atoms with Gasteiger partial charge >= 0.3 is 0 Å². The summed E-state index contributed by atoms with van der Waals surface area (Å²) in [5.74, 6) is 0.210. The maximum absolute atomic E-state index is 12.4. The van der Waals surface area contributed by atoms with E-state index < -0.39 is 4.92 Å². The Hall–Kier alpha value is -3.24. The zero-order valence-electron chi connectivity index (χ0n) is 18.4. The number of anilines is 2. The number of hydrogen-bond acceptors (Lipinski definition) is 7. The highest BCUT2D eigenvalue weighted by Crippen LogP contribution is 2.28. The lowest BCUT2D eigenvalue weighted by Gasteiger charge is -2.20. The van der Waals surface area contributed by atoms with Crippen molar-refractivity contribution in [2.24, 2.45) is 5.92 Å². The smallest absolute Gasteiger partial charge is 0.270 e. The van der Waals surface area contributed by atoms with Crippen molar-refractivity contribution in [2.75, 3.05) is 16.4 Å². The molecule has 0 unspecified atom stereocenters. The van der Waals surface area contributed by atoms with Crippen LogP contribution in [0.25, 0.3) is 11.3 Å². The largest absolute Gasteiger partial charge is 0.326 e. The number of nitrogens with one attached hydrogen (secondary N) is 2. The van der Waals surface area contributed by atoms with E-state index in [2.05, 4.69) is 15.6 Å². The van der Waals surface area contributed by atoms with Crippen LogP contribution in [0, 0.1) is 16.0 Å². The third kappa shape index (κ3) is 6.42. The van der Waals surface area contributed by atoms with Crippen molar-refractivity contribution in [3.63, 3.8) is 0 Å². The lowest BCUT2D eigenvalue weighted by Crippen LogP contribution is -2.24. The molecule has 0 radical (unpaired) electrons. The molecule has 4 rings (SSSR count). The van der Waals surface area contributed by atoms with E-state index in [1.807, 2.05) is 24.3 Å². The van der Waals surface area contributed by atoms with E-state index in [1.165, 1.54) is 41.7 Å². The molecule has 34 heavy (non-hydrogen) atoms. The van der Waals surface area contributed by atoms with Crippen LogP contribution in [0.5, 0.6) is 0 Å². The van der Waals surface area contributed by atoms with Gasteiger partial charge < -0.3 is 10.6 Å². The van der Waals surface area contributed by atoms with Gasteiger partial charge in [0.2, 0.25) is 11.8 Å². The second-order valence-electron chi connectivity index (χ2n) is 8.03. The Bertz CT molecular complexity index is 1170. The predicted molar refractivity (Wildman–Crippen MR) is 135 cm³/mol. The standard InChI is InChI=1S/C24H24N4O4S2/c29-22(27-24-26-21(14-34-24)17-7-4-8-19(13-17)28(31)32)15-33-20-11-9-18(10-12-20)25-23(30)16-5-2-1-3-6-16/h4,7-14,16H,1-3,5-6,15H2,(H,25,30)(H,26,27,29). The maximum Gasteiger partial charge on any atom is 0.270 e.